The smallest absolute Gasteiger partial charge is 0.168 e. The first kappa shape index (κ1) is 13.3. The van der Waals surface area contributed by atoms with Gasteiger partial charge in [-0.1, -0.05) is 26.0 Å². The minimum Gasteiger partial charge on any atom is -0.377 e. The summed E-state index contributed by atoms with van der Waals surface area (Å²) >= 11 is 1.56. The van der Waals surface area contributed by atoms with Gasteiger partial charge in [-0.25, -0.2) is 0 Å². The van der Waals surface area contributed by atoms with Crippen LogP contribution in [0.1, 0.15) is 25.3 Å². The van der Waals surface area contributed by atoms with E-state index in [1.54, 1.807) is 18.9 Å². The fourth-order valence-electron chi connectivity index (χ4n) is 1.32. The van der Waals surface area contributed by atoms with Gasteiger partial charge in [-0.2, -0.15) is 0 Å². The van der Waals surface area contributed by atoms with E-state index < -0.39 is 0 Å². The number of methoxy groups -OCH3 is 1. The predicted molar refractivity (Wildman–Crippen MR) is 68.1 cm³/mol. The Hall–Kier alpha value is -0.800. The zero-order valence-corrected chi connectivity index (χ0v) is 10.8. The minimum atomic E-state index is 0.125. The van der Waals surface area contributed by atoms with Gasteiger partial charge in [0, 0.05) is 12.0 Å². The average Bonchev–Trinajstić information content (AvgIpc) is 2.27. The van der Waals surface area contributed by atoms with Crippen LogP contribution in [0.5, 0.6) is 0 Å². The predicted octanol–water partition coefficient (Wildman–Crippen LogP) is 3.12. The molecule has 0 aliphatic rings. The topological polar surface area (TPSA) is 26.3 Å². The number of hydrogen-bond donors (Lipinski definition) is 0. The number of thioether (sulfide) groups is 1. The number of carbonyl (C=O) groups is 1. The van der Waals surface area contributed by atoms with Crippen molar-refractivity contribution < 1.29 is 9.53 Å². The van der Waals surface area contributed by atoms with Crippen LogP contribution in [0.25, 0.3) is 0 Å². The summed E-state index contributed by atoms with van der Waals surface area (Å²) in [5, 5.41) is 0. The maximum Gasteiger partial charge on any atom is 0.168 e. The molecule has 88 valence electrons. The van der Waals surface area contributed by atoms with Crippen molar-refractivity contribution >= 4 is 17.5 Å². The molecule has 16 heavy (non-hydrogen) atoms. The van der Waals surface area contributed by atoms with Crippen LogP contribution in [0, 0.1) is 0 Å². The molecule has 2 nitrogen and oxygen atoms in total. The van der Waals surface area contributed by atoms with Gasteiger partial charge in [-0.05, 0) is 23.6 Å². The van der Waals surface area contributed by atoms with Crippen LogP contribution in [0.4, 0.5) is 0 Å². The second-order valence-corrected chi connectivity index (χ2v) is 5.03. The highest BCUT2D eigenvalue weighted by Crippen LogP contribution is 2.21. The molecule has 0 fully saturated rings. The van der Waals surface area contributed by atoms with E-state index in [1.165, 1.54) is 5.56 Å². The molecule has 3 heteroatoms. The van der Waals surface area contributed by atoms with Gasteiger partial charge in [0.2, 0.25) is 0 Å². The summed E-state index contributed by atoms with van der Waals surface area (Å²) in [6, 6.07) is 8.38. The number of carbonyl (C=O) groups excluding carboxylic acids is 1. The Morgan fingerprint density at radius 3 is 2.44 bits per heavy atom. The molecule has 0 amide bonds. The van der Waals surface area contributed by atoms with E-state index in [0.717, 1.165) is 4.90 Å². The molecule has 0 atom stereocenters. The summed E-state index contributed by atoms with van der Waals surface area (Å²) in [6.07, 6.45) is 0. The lowest BCUT2D eigenvalue weighted by atomic mass is 10.0. The van der Waals surface area contributed by atoms with Crippen molar-refractivity contribution in [3.63, 3.8) is 0 Å². The number of ketones is 1. The van der Waals surface area contributed by atoms with Crippen LogP contribution in [-0.4, -0.2) is 25.3 Å². The van der Waals surface area contributed by atoms with E-state index in [4.69, 9.17) is 4.74 Å². The second kappa shape index (κ2) is 6.71. The monoisotopic (exact) mass is 238 g/mol. The molecule has 0 radical (unpaired) electrons. The lowest BCUT2D eigenvalue weighted by Gasteiger charge is -2.06. The molecule has 0 spiro atoms. The van der Waals surface area contributed by atoms with Gasteiger partial charge in [-0.3, -0.25) is 4.79 Å². The molecule has 0 unspecified atom stereocenters. The minimum absolute atomic E-state index is 0.125. The van der Waals surface area contributed by atoms with Gasteiger partial charge < -0.3 is 4.74 Å². The van der Waals surface area contributed by atoms with Crippen molar-refractivity contribution in [2.24, 2.45) is 0 Å². The van der Waals surface area contributed by atoms with Crippen LogP contribution >= 0.6 is 11.8 Å². The van der Waals surface area contributed by atoms with Crippen molar-refractivity contribution in [1.82, 2.24) is 0 Å². The number of rotatable bonds is 6. The normalized spacial score (nSPS) is 10.8. The van der Waals surface area contributed by atoms with Crippen molar-refractivity contribution in [2.75, 3.05) is 19.5 Å². The van der Waals surface area contributed by atoms with Crippen LogP contribution in [-0.2, 0) is 9.53 Å². The van der Waals surface area contributed by atoms with Crippen LogP contribution in [0.15, 0.2) is 29.2 Å². The fraction of sp³-hybridized carbons (Fsp3) is 0.462. The quantitative estimate of drug-likeness (QED) is 0.712. The molecule has 1 aromatic carbocycles. The highest BCUT2D eigenvalue weighted by molar-refractivity contribution is 8.00. The van der Waals surface area contributed by atoms with Gasteiger partial charge in [0.1, 0.15) is 6.61 Å². The molecule has 0 aliphatic carbocycles. The third-order valence-corrected chi connectivity index (χ3v) is 3.32. The summed E-state index contributed by atoms with van der Waals surface area (Å²) in [6.45, 7) is 4.55. The van der Waals surface area contributed by atoms with E-state index in [9.17, 15) is 4.79 Å². The molecule has 0 aliphatic heterocycles. The fourth-order valence-corrected chi connectivity index (χ4v) is 2.05. The molecule has 0 heterocycles. The Labute approximate surface area is 101 Å². The third-order valence-electron chi connectivity index (χ3n) is 2.25. The van der Waals surface area contributed by atoms with Crippen LogP contribution in [0.2, 0.25) is 0 Å². The molecular weight excluding hydrogens is 220 g/mol. The first-order valence-electron chi connectivity index (χ1n) is 5.37. The Kier molecular flexibility index (Phi) is 5.56. The number of hydrogen-bond acceptors (Lipinski definition) is 3. The van der Waals surface area contributed by atoms with Crippen LogP contribution in [0.3, 0.4) is 0 Å². The molecule has 1 rings (SSSR count). The van der Waals surface area contributed by atoms with Gasteiger partial charge in [-0.15, -0.1) is 11.8 Å². The summed E-state index contributed by atoms with van der Waals surface area (Å²) < 4.78 is 4.78. The first-order chi connectivity index (χ1) is 7.63. The number of Topliss-reactive ketones (excluding diaryl/α,β-unsaturated/α-hetero) is 1. The van der Waals surface area contributed by atoms with Crippen LogP contribution < -0.4 is 0 Å². The Balaban J connectivity index is 2.46. The number of ether oxygens (including phenoxy) is 1. The van der Waals surface area contributed by atoms with Crippen molar-refractivity contribution in [2.45, 2.75) is 24.7 Å². The SMILES string of the molecule is COCC(=O)CSc1ccc(C(C)C)cc1. The van der Waals surface area contributed by atoms with Gasteiger partial charge in [0.05, 0.1) is 5.75 Å². The maximum atomic E-state index is 11.2. The zero-order valence-electron chi connectivity index (χ0n) is 10.0. The van der Waals surface area contributed by atoms with Crippen molar-refractivity contribution in [3.8, 4) is 0 Å². The van der Waals surface area contributed by atoms with Gasteiger partial charge in [0.15, 0.2) is 5.78 Å². The molecule has 0 aromatic heterocycles. The van der Waals surface area contributed by atoms with Crippen molar-refractivity contribution in [3.05, 3.63) is 29.8 Å². The summed E-state index contributed by atoms with van der Waals surface area (Å²) in [7, 11) is 1.54. The molecule has 0 N–H and O–H groups in total. The summed E-state index contributed by atoms with van der Waals surface area (Å²) in [5.74, 6) is 1.16. The first-order valence-corrected chi connectivity index (χ1v) is 6.35. The molecule has 0 saturated carbocycles. The summed E-state index contributed by atoms with van der Waals surface area (Å²) in [4.78, 5) is 12.4. The van der Waals surface area contributed by atoms with E-state index in [2.05, 4.69) is 38.1 Å². The van der Waals surface area contributed by atoms with E-state index in [1.807, 2.05) is 0 Å². The van der Waals surface area contributed by atoms with E-state index >= 15 is 0 Å². The lowest BCUT2D eigenvalue weighted by molar-refractivity contribution is -0.120. The molecule has 0 saturated heterocycles. The Morgan fingerprint density at radius 2 is 1.94 bits per heavy atom. The maximum absolute atomic E-state index is 11.2. The Bertz CT molecular complexity index is 330. The highest BCUT2D eigenvalue weighted by Gasteiger charge is 2.03. The average molecular weight is 238 g/mol. The Morgan fingerprint density at radius 1 is 1.31 bits per heavy atom. The standard InChI is InChI=1S/C13H18O2S/c1-10(2)11-4-6-13(7-5-11)16-9-12(14)8-15-3/h4-7,10H,8-9H2,1-3H3. The van der Waals surface area contributed by atoms with E-state index in [-0.39, 0.29) is 12.4 Å². The highest BCUT2D eigenvalue weighted by atomic mass is 32.2. The van der Waals surface area contributed by atoms with Gasteiger partial charge in [0.25, 0.3) is 0 Å². The van der Waals surface area contributed by atoms with E-state index in [0.29, 0.717) is 11.7 Å². The van der Waals surface area contributed by atoms with Crippen molar-refractivity contribution in [1.29, 1.82) is 0 Å². The second-order valence-electron chi connectivity index (χ2n) is 3.98. The lowest BCUT2D eigenvalue weighted by Crippen LogP contribution is -2.08. The third kappa shape index (κ3) is 4.37. The zero-order chi connectivity index (χ0) is 12.0. The molecule has 0 bridgehead atoms. The summed E-state index contributed by atoms with van der Waals surface area (Å²) in [5.41, 5.74) is 1.33. The van der Waals surface area contributed by atoms with Gasteiger partial charge >= 0.3 is 0 Å². The largest absolute Gasteiger partial charge is 0.377 e. The molecule has 1 aromatic rings. The number of benzene rings is 1. The molecular formula is C13H18O2S.